The van der Waals surface area contributed by atoms with E-state index in [1.165, 1.54) is 0 Å². The molecule has 88 valence electrons. The van der Waals surface area contributed by atoms with Crippen LogP contribution in [0.5, 0.6) is 0 Å². The maximum Gasteiger partial charge on any atom is 0.407 e. The molecule has 0 saturated carbocycles. The molecule has 0 aromatic heterocycles. The van der Waals surface area contributed by atoms with Crippen LogP contribution in [-0.2, 0) is 0 Å². The Morgan fingerprint density at radius 1 is 1.40 bits per heavy atom. The monoisotopic (exact) mass is 213 g/mol. The minimum Gasteiger partial charge on any atom is -0.465 e. The summed E-state index contributed by atoms with van der Waals surface area (Å²) in [6.45, 7) is 11.5. The van der Waals surface area contributed by atoms with Crippen molar-refractivity contribution in [3.8, 4) is 0 Å². The van der Waals surface area contributed by atoms with E-state index in [0.29, 0.717) is 6.54 Å². The van der Waals surface area contributed by atoms with Crippen LogP contribution in [0.3, 0.4) is 0 Å². The zero-order valence-corrected chi connectivity index (χ0v) is 10.5. The van der Waals surface area contributed by atoms with Gasteiger partial charge in [0.05, 0.1) is 0 Å². The molecule has 15 heavy (non-hydrogen) atoms. The van der Waals surface area contributed by atoms with Crippen molar-refractivity contribution in [1.82, 2.24) is 4.90 Å². The lowest BCUT2D eigenvalue weighted by atomic mass is 9.71. The zero-order valence-electron chi connectivity index (χ0n) is 10.5. The SMILES string of the molecule is CC1(C)CCN(C(=O)O)C(C(C)(C)C)C1. The summed E-state index contributed by atoms with van der Waals surface area (Å²) in [5, 5.41) is 9.17. The van der Waals surface area contributed by atoms with Crippen molar-refractivity contribution in [2.24, 2.45) is 10.8 Å². The molecule has 1 N–H and O–H groups in total. The van der Waals surface area contributed by atoms with Gasteiger partial charge in [0.25, 0.3) is 0 Å². The molecule has 3 nitrogen and oxygen atoms in total. The molecule has 1 fully saturated rings. The normalized spacial score (nSPS) is 26.5. The lowest BCUT2D eigenvalue weighted by Crippen LogP contribution is -2.53. The van der Waals surface area contributed by atoms with Crippen molar-refractivity contribution < 1.29 is 9.90 Å². The minimum absolute atomic E-state index is 0.0239. The van der Waals surface area contributed by atoms with E-state index in [1.54, 1.807) is 4.90 Å². The molecule has 0 bridgehead atoms. The fourth-order valence-electron chi connectivity index (χ4n) is 2.32. The number of nitrogens with zero attached hydrogens (tertiary/aromatic N) is 1. The van der Waals surface area contributed by atoms with Crippen molar-refractivity contribution in [3.05, 3.63) is 0 Å². The van der Waals surface area contributed by atoms with E-state index in [2.05, 4.69) is 34.6 Å². The standard InChI is InChI=1S/C12H23NO2/c1-11(2,3)9-8-12(4,5)6-7-13(9)10(14)15/h9H,6-8H2,1-5H3,(H,14,15). The number of likely N-dealkylation sites (tertiary alicyclic amines) is 1. The molecule has 1 rings (SSSR count). The summed E-state index contributed by atoms with van der Waals surface area (Å²) >= 11 is 0. The smallest absolute Gasteiger partial charge is 0.407 e. The number of piperidine rings is 1. The van der Waals surface area contributed by atoms with Gasteiger partial charge in [-0.15, -0.1) is 0 Å². The van der Waals surface area contributed by atoms with Gasteiger partial charge in [-0.1, -0.05) is 34.6 Å². The van der Waals surface area contributed by atoms with E-state index in [0.717, 1.165) is 12.8 Å². The molecule has 1 amide bonds. The molecule has 1 unspecified atom stereocenters. The Morgan fingerprint density at radius 3 is 2.33 bits per heavy atom. The average molecular weight is 213 g/mol. The summed E-state index contributed by atoms with van der Waals surface area (Å²) in [6.07, 6.45) is 1.15. The molecule has 0 aromatic rings. The molecule has 1 saturated heterocycles. The Hall–Kier alpha value is -0.730. The Morgan fingerprint density at radius 2 is 1.93 bits per heavy atom. The van der Waals surface area contributed by atoms with Gasteiger partial charge in [-0.25, -0.2) is 4.79 Å². The fourth-order valence-corrected chi connectivity index (χ4v) is 2.32. The largest absolute Gasteiger partial charge is 0.465 e. The second kappa shape index (κ2) is 3.69. The predicted octanol–water partition coefficient (Wildman–Crippen LogP) is 3.20. The topological polar surface area (TPSA) is 40.5 Å². The van der Waals surface area contributed by atoms with Crippen LogP contribution in [0, 0.1) is 10.8 Å². The van der Waals surface area contributed by atoms with Crippen LogP contribution in [0.4, 0.5) is 4.79 Å². The molecule has 3 heteroatoms. The maximum absolute atomic E-state index is 11.1. The third-order valence-electron chi connectivity index (χ3n) is 3.40. The van der Waals surface area contributed by atoms with Gasteiger partial charge in [-0.3, -0.25) is 0 Å². The fraction of sp³-hybridized carbons (Fsp3) is 0.917. The minimum atomic E-state index is -0.773. The molecule has 0 spiro atoms. The number of amides is 1. The maximum atomic E-state index is 11.1. The van der Waals surface area contributed by atoms with Gasteiger partial charge in [0.1, 0.15) is 0 Å². The van der Waals surface area contributed by atoms with Crippen molar-refractivity contribution in [2.75, 3.05) is 6.54 Å². The van der Waals surface area contributed by atoms with Gasteiger partial charge in [-0.2, -0.15) is 0 Å². The van der Waals surface area contributed by atoms with Gasteiger partial charge in [0.2, 0.25) is 0 Å². The number of carbonyl (C=O) groups is 1. The summed E-state index contributed by atoms with van der Waals surface area (Å²) in [7, 11) is 0. The summed E-state index contributed by atoms with van der Waals surface area (Å²) in [6, 6.07) is 0.138. The highest BCUT2D eigenvalue weighted by Gasteiger charge is 2.41. The van der Waals surface area contributed by atoms with E-state index in [4.69, 9.17) is 5.11 Å². The quantitative estimate of drug-likeness (QED) is 0.671. The lowest BCUT2D eigenvalue weighted by molar-refractivity contribution is 0.0169. The van der Waals surface area contributed by atoms with Crippen molar-refractivity contribution in [2.45, 2.75) is 53.5 Å². The lowest BCUT2D eigenvalue weighted by Gasteiger charge is -2.47. The first-order valence-corrected chi connectivity index (χ1v) is 5.63. The third kappa shape index (κ3) is 2.86. The third-order valence-corrected chi connectivity index (χ3v) is 3.40. The van der Waals surface area contributed by atoms with Crippen LogP contribution < -0.4 is 0 Å². The van der Waals surface area contributed by atoms with E-state index in [1.807, 2.05) is 0 Å². The molecule has 1 aliphatic rings. The number of hydrogen-bond donors (Lipinski definition) is 1. The predicted molar refractivity (Wildman–Crippen MR) is 61.0 cm³/mol. The van der Waals surface area contributed by atoms with Gasteiger partial charge in [0.15, 0.2) is 0 Å². The molecular weight excluding hydrogens is 190 g/mol. The van der Waals surface area contributed by atoms with Crippen LogP contribution >= 0.6 is 0 Å². The first-order chi connectivity index (χ1) is 6.63. The van der Waals surface area contributed by atoms with Gasteiger partial charge >= 0.3 is 6.09 Å². The van der Waals surface area contributed by atoms with Crippen LogP contribution in [0.1, 0.15) is 47.5 Å². The van der Waals surface area contributed by atoms with Crippen LogP contribution in [0.15, 0.2) is 0 Å². The highest BCUT2D eigenvalue weighted by Crippen LogP contribution is 2.40. The van der Waals surface area contributed by atoms with Crippen molar-refractivity contribution in [1.29, 1.82) is 0 Å². The van der Waals surface area contributed by atoms with Crippen LogP contribution in [-0.4, -0.2) is 28.7 Å². The van der Waals surface area contributed by atoms with E-state index in [9.17, 15) is 4.79 Å². The molecule has 0 aliphatic carbocycles. The van der Waals surface area contributed by atoms with Gasteiger partial charge < -0.3 is 10.0 Å². The number of rotatable bonds is 0. The first-order valence-electron chi connectivity index (χ1n) is 5.63. The van der Waals surface area contributed by atoms with Crippen molar-refractivity contribution >= 4 is 6.09 Å². The average Bonchev–Trinajstić information content (AvgIpc) is 2.00. The Bertz CT molecular complexity index is 253. The molecule has 1 aliphatic heterocycles. The van der Waals surface area contributed by atoms with E-state index >= 15 is 0 Å². The van der Waals surface area contributed by atoms with Gasteiger partial charge in [-0.05, 0) is 23.7 Å². The highest BCUT2D eigenvalue weighted by molar-refractivity contribution is 5.65. The number of hydrogen-bond acceptors (Lipinski definition) is 1. The summed E-state index contributed by atoms with van der Waals surface area (Å²) < 4.78 is 0. The Labute approximate surface area is 92.5 Å². The number of carboxylic acid groups (broad SMARTS) is 1. The second-order valence-electron chi connectivity index (χ2n) is 6.48. The molecule has 0 aromatic carbocycles. The first kappa shape index (κ1) is 12.3. The summed E-state index contributed by atoms with van der Waals surface area (Å²) in [5.41, 5.74) is 0.292. The molecule has 0 radical (unpaired) electrons. The van der Waals surface area contributed by atoms with E-state index < -0.39 is 6.09 Å². The Balaban J connectivity index is 2.88. The highest BCUT2D eigenvalue weighted by atomic mass is 16.4. The second-order valence-corrected chi connectivity index (χ2v) is 6.48. The zero-order chi connectivity index (χ0) is 11.9. The summed E-state index contributed by atoms with van der Waals surface area (Å²) in [5.74, 6) is 0. The molecular formula is C12H23NO2. The van der Waals surface area contributed by atoms with Crippen LogP contribution in [0.25, 0.3) is 0 Å². The van der Waals surface area contributed by atoms with Crippen molar-refractivity contribution in [3.63, 3.8) is 0 Å². The van der Waals surface area contributed by atoms with Gasteiger partial charge in [0, 0.05) is 12.6 Å². The molecule has 1 atom stereocenters. The Kier molecular flexibility index (Phi) is 3.04. The van der Waals surface area contributed by atoms with E-state index in [-0.39, 0.29) is 16.9 Å². The van der Waals surface area contributed by atoms with Crippen LogP contribution in [0.2, 0.25) is 0 Å². The summed E-state index contributed by atoms with van der Waals surface area (Å²) in [4.78, 5) is 12.8. The molecule has 1 heterocycles.